The topological polar surface area (TPSA) is 44.9 Å². The Hall–Kier alpha value is -3.12. The van der Waals surface area contributed by atoms with Gasteiger partial charge >= 0.3 is 0 Å². The average molecular weight is 408 g/mol. The van der Waals surface area contributed by atoms with Crippen molar-refractivity contribution in [1.29, 1.82) is 0 Å². The molecule has 0 saturated carbocycles. The number of rotatable bonds is 6. The van der Waals surface area contributed by atoms with Gasteiger partial charge in [0.2, 0.25) is 0 Å². The molecule has 29 heavy (non-hydrogen) atoms. The number of amides is 1. The van der Waals surface area contributed by atoms with Crippen molar-refractivity contribution >= 4 is 28.6 Å². The largest absolute Gasteiger partial charge is 0.354 e. The first kappa shape index (κ1) is 19.2. The van der Waals surface area contributed by atoms with Crippen LogP contribution >= 0.6 is 11.8 Å². The van der Waals surface area contributed by atoms with Crippen LogP contribution in [0.1, 0.15) is 10.4 Å². The number of para-hydroxylation sites is 1. The average Bonchev–Trinajstić information content (AvgIpc) is 3.10. The molecule has 0 aliphatic carbocycles. The molecular formula is C23H18F2N2OS. The Morgan fingerprint density at radius 3 is 2.52 bits per heavy atom. The van der Waals surface area contributed by atoms with Gasteiger partial charge in [0, 0.05) is 33.7 Å². The van der Waals surface area contributed by atoms with Gasteiger partial charge < -0.3 is 10.3 Å². The van der Waals surface area contributed by atoms with E-state index in [2.05, 4.69) is 10.3 Å². The normalized spacial score (nSPS) is 11.0. The van der Waals surface area contributed by atoms with E-state index in [4.69, 9.17) is 0 Å². The molecule has 0 radical (unpaired) electrons. The maximum absolute atomic E-state index is 13.3. The van der Waals surface area contributed by atoms with E-state index < -0.39 is 5.82 Å². The minimum absolute atomic E-state index is 0.279. The minimum Gasteiger partial charge on any atom is -0.354 e. The molecule has 0 saturated heterocycles. The van der Waals surface area contributed by atoms with E-state index in [-0.39, 0.29) is 11.7 Å². The number of hydrogen-bond acceptors (Lipinski definition) is 2. The molecular weight excluding hydrogens is 390 g/mol. The molecule has 3 nitrogen and oxygen atoms in total. The van der Waals surface area contributed by atoms with E-state index in [9.17, 15) is 13.6 Å². The monoisotopic (exact) mass is 408 g/mol. The number of nitrogens with one attached hydrogen (secondary N) is 2. The lowest BCUT2D eigenvalue weighted by Crippen LogP contribution is -2.25. The number of carbonyl (C=O) groups excluding carboxylic acids is 1. The summed E-state index contributed by atoms with van der Waals surface area (Å²) in [5.41, 5.74) is 3.12. The fourth-order valence-corrected chi connectivity index (χ4v) is 4.19. The predicted octanol–water partition coefficient (Wildman–Crippen LogP) is 5.64. The first-order valence-corrected chi connectivity index (χ1v) is 10.1. The van der Waals surface area contributed by atoms with Gasteiger partial charge in [-0.25, -0.2) is 8.78 Å². The third-order valence-corrected chi connectivity index (χ3v) is 5.63. The highest BCUT2D eigenvalue weighted by atomic mass is 32.2. The van der Waals surface area contributed by atoms with Gasteiger partial charge in [0.15, 0.2) is 0 Å². The van der Waals surface area contributed by atoms with Crippen molar-refractivity contribution in [1.82, 2.24) is 10.3 Å². The molecule has 2 N–H and O–H groups in total. The third-order valence-electron chi connectivity index (χ3n) is 4.51. The summed E-state index contributed by atoms with van der Waals surface area (Å²) in [6, 6.07) is 20.0. The first-order chi connectivity index (χ1) is 14.1. The van der Waals surface area contributed by atoms with Crippen LogP contribution in [-0.2, 0) is 0 Å². The molecule has 1 amide bonds. The van der Waals surface area contributed by atoms with Crippen LogP contribution in [0.3, 0.4) is 0 Å². The Balaban J connectivity index is 1.49. The van der Waals surface area contributed by atoms with Crippen molar-refractivity contribution in [2.75, 3.05) is 12.3 Å². The molecule has 0 spiro atoms. The van der Waals surface area contributed by atoms with E-state index in [0.717, 1.165) is 27.1 Å². The molecule has 4 rings (SSSR count). The van der Waals surface area contributed by atoms with Crippen molar-refractivity contribution in [3.8, 4) is 11.3 Å². The summed E-state index contributed by atoms with van der Waals surface area (Å²) in [6.45, 7) is 0.433. The van der Waals surface area contributed by atoms with Crippen LogP contribution in [-0.4, -0.2) is 23.2 Å². The zero-order valence-electron chi connectivity index (χ0n) is 15.4. The summed E-state index contributed by atoms with van der Waals surface area (Å²) in [6.07, 6.45) is 0. The zero-order chi connectivity index (χ0) is 20.2. The lowest BCUT2D eigenvalue weighted by Gasteiger charge is -2.07. The van der Waals surface area contributed by atoms with Crippen LogP contribution in [0.2, 0.25) is 0 Å². The Morgan fingerprint density at radius 1 is 0.931 bits per heavy atom. The van der Waals surface area contributed by atoms with Crippen molar-refractivity contribution in [2.24, 2.45) is 0 Å². The van der Waals surface area contributed by atoms with Gasteiger partial charge in [-0.2, -0.15) is 0 Å². The summed E-state index contributed by atoms with van der Waals surface area (Å²) >= 11 is 1.61. The lowest BCUT2D eigenvalue weighted by molar-refractivity contribution is 0.0955. The van der Waals surface area contributed by atoms with Crippen LogP contribution < -0.4 is 5.32 Å². The van der Waals surface area contributed by atoms with E-state index >= 15 is 0 Å². The van der Waals surface area contributed by atoms with Crippen molar-refractivity contribution in [3.05, 3.63) is 90.0 Å². The zero-order valence-corrected chi connectivity index (χ0v) is 16.2. The SMILES string of the molecule is O=C(NCCSc1c(-c2ccc(F)cc2)[nH]c2ccccc12)c1cccc(F)c1. The number of aromatic nitrogens is 1. The van der Waals surface area contributed by atoms with Gasteiger partial charge in [-0.15, -0.1) is 11.8 Å². The van der Waals surface area contributed by atoms with Crippen LogP contribution in [0.15, 0.2) is 77.7 Å². The molecule has 6 heteroatoms. The fourth-order valence-electron chi connectivity index (χ4n) is 3.14. The van der Waals surface area contributed by atoms with Crippen molar-refractivity contribution in [2.45, 2.75) is 4.90 Å². The van der Waals surface area contributed by atoms with E-state index in [1.807, 2.05) is 24.3 Å². The van der Waals surface area contributed by atoms with Crippen molar-refractivity contribution < 1.29 is 13.6 Å². The number of aromatic amines is 1. The summed E-state index contributed by atoms with van der Waals surface area (Å²) < 4.78 is 26.6. The predicted molar refractivity (Wildman–Crippen MR) is 113 cm³/mol. The number of fused-ring (bicyclic) bond motifs is 1. The second-order valence-electron chi connectivity index (χ2n) is 6.50. The van der Waals surface area contributed by atoms with Crippen LogP contribution in [0.5, 0.6) is 0 Å². The number of carbonyl (C=O) groups is 1. The molecule has 146 valence electrons. The smallest absolute Gasteiger partial charge is 0.251 e. The highest BCUT2D eigenvalue weighted by Gasteiger charge is 2.14. The van der Waals surface area contributed by atoms with Gasteiger partial charge in [-0.1, -0.05) is 24.3 Å². The van der Waals surface area contributed by atoms with Crippen LogP contribution in [0.25, 0.3) is 22.2 Å². The summed E-state index contributed by atoms with van der Waals surface area (Å²) in [5.74, 6) is -0.381. The molecule has 1 heterocycles. The molecule has 0 aliphatic rings. The number of hydrogen-bond donors (Lipinski definition) is 2. The van der Waals surface area contributed by atoms with Crippen molar-refractivity contribution in [3.63, 3.8) is 0 Å². The van der Waals surface area contributed by atoms with E-state index in [1.54, 1.807) is 30.0 Å². The first-order valence-electron chi connectivity index (χ1n) is 9.15. The maximum atomic E-state index is 13.3. The molecule has 0 fully saturated rings. The van der Waals surface area contributed by atoms with Gasteiger partial charge in [-0.05, 0) is 54.1 Å². The molecule has 0 atom stereocenters. The van der Waals surface area contributed by atoms with Gasteiger partial charge in [0.25, 0.3) is 5.91 Å². The molecule has 1 aromatic heterocycles. The maximum Gasteiger partial charge on any atom is 0.251 e. The summed E-state index contributed by atoms with van der Waals surface area (Å²) in [5, 5.41) is 3.89. The quantitative estimate of drug-likeness (QED) is 0.321. The molecule has 3 aromatic carbocycles. The minimum atomic E-state index is -0.435. The molecule has 0 aliphatic heterocycles. The fraction of sp³-hybridized carbons (Fsp3) is 0.0870. The van der Waals surface area contributed by atoms with E-state index in [1.165, 1.54) is 30.3 Å². The number of H-pyrrole nitrogens is 1. The Kier molecular flexibility index (Phi) is 5.62. The molecule has 4 aromatic rings. The van der Waals surface area contributed by atoms with E-state index in [0.29, 0.717) is 17.9 Å². The van der Waals surface area contributed by atoms with Gasteiger partial charge in [0.1, 0.15) is 11.6 Å². The highest BCUT2D eigenvalue weighted by molar-refractivity contribution is 7.99. The Bertz CT molecular complexity index is 1160. The number of thioether (sulfide) groups is 1. The molecule has 0 bridgehead atoms. The molecule has 0 unspecified atom stereocenters. The third kappa shape index (κ3) is 4.32. The summed E-state index contributed by atoms with van der Waals surface area (Å²) in [7, 11) is 0. The van der Waals surface area contributed by atoms with Gasteiger partial charge in [0.05, 0.1) is 5.69 Å². The highest BCUT2D eigenvalue weighted by Crippen LogP contribution is 2.37. The summed E-state index contributed by atoms with van der Waals surface area (Å²) in [4.78, 5) is 16.6. The lowest BCUT2D eigenvalue weighted by atomic mass is 10.1. The van der Waals surface area contributed by atoms with Gasteiger partial charge in [-0.3, -0.25) is 4.79 Å². The number of halogens is 2. The Morgan fingerprint density at radius 2 is 1.72 bits per heavy atom. The van der Waals surface area contributed by atoms with Crippen LogP contribution in [0, 0.1) is 11.6 Å². The van der Waals surface area contributed by atoms with Crippen LogP contribution in [0.4, 0.5) is 8.78 Å². The standard InChI is InChI=1S/C23H18F2N2OS/c24-17-10-8-15(9-11-17)21-22(19-6-1-2-7-20(19)27-21)29-13-12-26-23(28)16-4-3-5-18(25)14-16/h1-11,14,27H,12-13H2,(H,26,28). The number of benzene rings is 3. The second kappa shape index (κ2) is 8.49. The Labute approximate surface area is 171 Å². The second-order valence-corrected chi connectivity index (χ2v) is 7.60.